The van der Waals surface area contributed by atoms with E-state index in [2.05, 4.69) is 5.32 Å². The van der Waals surface area contributed by atoms with Gasteiger partial charge in [-0.05, 0) is 25.3 Å². The van der Waals surface area contributed by atoms with Crippen LogP contribution in [0.1, 0.15) is 36.4 Å². The Hall–Kier alpha value is -1.92. The highest BCUT2D eigenvalue weighted by atomic mass is 16.5. The molecule has 6 heteroatoms. The Balaban J connectivity index is 1.77. The lowest BCUT2D eigenvalue weighted by Crippen LogP contribution is -2.45. The third-order valence-corrected chi connectivity index (χ3v) is 4.42. The van der Waals surface area contributed by atoms with Crippen molar-refractivity contribution in [2.75, 3.05) is 26.7 Å². The maximum absolute atomic E-state index is 12.5. The van der Waals surface area contributed by atoms with Crippen LogP contribution in [0.5, 0.6) is 0 Å². The molecule has 0 bridgehead atoms. The van der Waals surface area contributed by atoms with Gasteiger partial charge in [-0.1, -0.05) is 29.8 Å². The summed E-state index contributed by atoms with van der Waals surface area (Å²) in [6.45, 7) is 3.71. The highest BCUT2D eigenvalue weighted by Gasteiger charge is 2.27. The number of carbonyl (C=O) groups excluding carboxylic acids is 2. The Bertz CT molecular complexity index is 551. The molecule has 0 saturated carbocycles. The van der Waals surface area contributed by atoms with Crippen molar-refractivity contribution in [1.82, 2.24) is 10.2 Å². The number of rotatable bonds is 6. The minimum atomic E-state index is -0.615. The van der Waals surface area contributed by atoms with E-state index in [1.807, 2.05) is 36.1 Å². The van der Waals surface area contributed by atoms with E-state index in [0.717, 1.165) is 24.0 Å². The van der Waals surface area contributed by atoms with Crippen LogP contribution in [0.15, 0.2) is 24.3 Å². The van der Waals surface area contributed by atoms with Crippen molar-refractivity contribution < 1.29 is 14.3 Å². The predicted octanol–water partition coefficient (Wildman–Crippen LogP) is 1.14. The van der Waals surface area contributed by atoms with Crippen LogP contribution in [0.2, 0.25) is 0 Å². The van der Waals surface area contributed by atoms with Crippen LogP contribution < -0.4 is 11.1 Å². The number of likely N-dealkylation sites (tertiary alicyclic amines) is 1. The quantitative estimate of drug-likeness (QED) is 0.817. The van der Waals surface area contributed by atoms with Gasteiger partial charge in [0.2, 0.25) is 11.8 Å². The number of nitrogens with zero attached hydrogens (tertiary/aromatic N) is 1. The van der Waals surface area contributed by atoms with Gasteiger partial charge >= 0.3 is 0 Å². The third kappa shape index (κ3) is 5.04. The van der Waals surface area contributed by atoms with Crippen molar-refractivity contribution in [2.45, 2.75) is 38.3 Å². The van der Waals surface area contributed by atoms with Gasteiger partial charge in [0, 0.05) is 26.6 Å². The zero-order valence-electron chi connectivity index (χ0n) is 14.5. The van der Waals surface area contributed by atoms with Crippen LogP contribution >= 0.6 is 0 Å². The molecule has 1 heterocycles. The summed E-state index contributed by atoms with van der Waals surface area (Å²) in [5.74, 6) is -0.0608. The second-order valence-corrected chi connectivity index (χ2v) is 6.21. The van der Waals surface area contributed by atoms with E-state index in [1.54, 1.807) is 7.05 Å². The molecular weight excluding hydrogens is 306 g/mol. The average Bonchev–Trinajstić information content (AvgIpc) is 2.61. The van der Waals surface area contributed by atoms with Crippen LogP contribution in [-0.2, 0) is 14.3 Å². The van der Waals surface area contributed by atoms with E-state index in [9.17, 15) is 9.59 Å². The lowest BCUT2D eigenvalue weighted by molar-refractivity contribution is -0.135. The second-order valence-electron chi connectivity index (χ2n) is 6.21. The zero-order chi connectivity index (χ0) is 17.5. The molecule has 24 heavy (non-hydrogen) atoms. The summed E-state index contributed by atoms with van der Waals surface area (Å²) in [6.07, 6.45) is 2.03. The van der Waals surface area contributed by atoms with E-state index >= 15 is 0 Å². The molecule has 0 spiro atoms. The normalized spacial score (nSPS) is 16.7. The summed E-state index contributed by atoms with van der Waals surface area (Å²) in [5.41, 5.74) is 8.10. The topological polar surface area (TPSA) is 84.7 Å². The maximum Gasteiger partial charge on any atom is 0.244 e. The van der Waals surface area contributed by atoms with Gasteiger partial charge in [-0.25, -0.2) is 0 Å². The summed E-state index contributed by atoms with van der Waals surface area (Å²) in [6, 6.07) is 7.14. The van der Waals surface area contributed by atoms with Crippen molar-refractivity contribution in [2.24, 2.45) is 5.73 Å². The second kappa shape index (κ2) is 8.80. The van der Waals surface area contributed by atoms with Gasteiger partial charge in [0.25, 0.3) is 0 Å². The molecular formula is C18H27N3O3. The Morgan fingerprint density at radius 3 is 2.50 bits per heavy atom. The Morgan fingerprint density at radius 2 is 1.92 bits per heavy atom. The molecule has 0 aromatic heterocycles. The molecule has 1 unspecified atom stereocenters. The summed E-state index contributed by atoms with van der Waals surface area (Å²) in [4.78, 5) is 25.5. The number of nitrogens with two attached hydrogens (primary N) is 1. The van der Waals surface area contributed by atoms with Crippen molar-refractivity contribution in [3.63, 3.8) is 0 Å². The lowest BCUT2D eigenvalue weighted by Gasteiger charge is -2.33. The van der Waals surface area contributed by atoms with Gasteiger partial charge in [0.05, 0.1) is 12.7 Å². The molecule has 132 valence electrons. The molecule has 1 aromatic carbocycles. The first kappa shape index (κ1) is 18.4. The van der Waals surface area contributed by atoms with E-state index in [1.165, 1.54) is 0 Å². The van der Waals surface area contributed by atoms with Gasteiger partial charge in [-0.3, -0.25) is 9.59 Å². The molecule has 3 N–H and O–H groups in total. The third-order valence-electron chi connectivity index (χ3n) is 4.42. The number of piperidine rings is 1. The fourth-order valence-corrected chi connectivity index (χ4v) is 2.80. The summed E-state index contributed by atoms with van der Waals surface area (Å²) < 4.78 is 5.71. The van der Waals surface area contributed by atoms with Gasteiger partial charge in [0.15, 0.2) is 0 Å². The van der Waals surface area contributed by atoms with Crippen LogP contribution in [0.3, 0.4) is 0 Å². The molecule has 2 rings (SSSR count). The molecule has 0 aliphatic carbocycles. The van der Waals surface area contributed by atoms with Gasteiger partial charge in [-0.15, -0.1) is 0 Å². The summed E-state index contributed by atoms with van der Waals surface area (Å²) >= 11 is 0. The number of hydrogen-bond acceptors (Lipinski definition) is 4. The van der Waals surface area contributed by atoms with Crippen molar-refractivity contribution in [3.05, 3.63) is 35.4 Å². The van der Waals surface area contributed by atoms with E-state index in [4.69, 9.17) is 10.5 Å². The zero-order valence-corrected chi connectivity index (χ0v) is 14.5. The highest BCUT2D eigenvalue weighted by molar-refractivity contribution is 5.83. The molecule has 1 atom stereocenters. The van der Waals surface area contributed by atoms with Crippen LogP contribution in [-0.4, -0.2) is 49.6 Å². The first-order chi connectivity index (χ1) is 11.5. The largest absolute Gasteiger partial charge is 0.378 e. The molecule has 1 aliphatic heterocycles. The number of carbonyl (C=O) groups is 2. The number of hydrogen-bond donors (Lipinski definition) is 2. The summed E-state index contributed by atoms with van der Waals surface area (Å²) in [5, 5.41) is 2.57. The van der Waals surface area contributed by atoms with Gasteiger partial charge < -0.3 is 20.7 Å². The molecule has 1 fully saturated rings. The average molecular weight is 333 g/mol. The highest BCUT2D eigenvalue weighted by Crippen LogP contribution is 2.19. The number of benzene rings is 1. The van der Waals surface area contributed by atoms with Crippen LogP contribution in [0.25, 0.3) is 0 Å². The van der Waals surface area contributed by atoms with Crippen molar-refractivity contribution in [3.8, 4) is 0 Å². The van der Waals surface area contributed by atoms with Gasteiger partial charge in [-0.2, -0.15) is 0 Å². The van der Waals surface area contributed by atoms with E-state index in [0.29, 0.717) is 26.1 Å². The predicted molar refractivity (Wildman–Crippen MR) is 92.3 cm³/mol. The Labute approximate surface area is 143 Å². The molecule has 0 radical (unpaired) electrons. The van der Waals surface area contributed by atoms with Gasteiger partial charge in [0.1, 0.15) is 6.04 Å². The Morgan fingerprint density at radius 1 is 1.29 bits per heavy atom. The minimum absolute atomic E-state index is 0.0216. The number of amides is 2. The maximum atomic E-state index is 12.5. The number of nitrogens with one attached hydrogen (secondary N) is 1. The van der Waals surface area contributed by atoms with Crippen LogP contribution in [0, 0.1) is 6.92 Å². The molecule has 1 aromatic rings. The monoisotopic (exact) mass is 333 g/mol. The molecule has 1 saturated heterocycles. The molecule has 2 amide bonds. The van der Waals surface area contributed by atoms with Crippen molar-refractivity contribution >= 4 is 11.8 Å². The summed E-state index contributed by atoms with van der Waals surface area (Å²) in [7, 11) is 1.61. The van der Waals surface area contributed by atoms with E-state index < -0.39 is 6.04 Å². The SMILES string of the molecule is CNC(=O)CCOC1CCN(C(=O)C(N)c2ccc(C)cc2)CC1. The Kier molecular flexibility index (Phi) is 6.75. The fraction of sp³-hybridized carbons (Fsp3) is 0.556. The molecule has 6 nitrogen and oxygen atoms in total. The first-order valence-corrected chi connectivity index (χ1v) is 8.44. The van der Waals surface area contributed by atoms with Crippen LogP contribution in [0.4, 0.5) is 0 Å². The van der Waals surface area contributed by atoms with E-state index in [-0.39, 0.29) is 17.9 Å². The molecule has 1 aliphatic rings. The minimum Gasteiger partial charge on any atom is -0.378 e. The van der Waals surface area contributed by atoms with Crippen molar-refractivity contribution in [1.29, 1.82) is 0 Å². The first-order valence-electron chi connectivity index (χ1n) is 8.44. The number of ether oxygens (including phenoxy) is 1. The standard InChI is InChI=1S/C18H27N3O3/c1-13-3-5-14(6-4-13)17(19)18(23)21-10-7-15(8-11-21)24-12-9-16(22)20-2/h3-6,15,17H,7-12,19H2,1-2H3,(H,20,22). The smallest absolute Gasteiger partial charge is 0.244 e. The lowest BCUT2D eigenvalue weighted by atomic mass is 10.0. The number of aryl methyl sites for hydroxylation is 1. The fourth-order valence-electron chi connectivity index (χ4n) is 2.80.